The van der Waals surface area contributed by atoms with E-state index in [0.717, 1.165) is 5.56 Å². The van der Waals surface area contributed by atoms with Crippen LogP contribution in [0.3, 0.4) is 0 Å². The summed E-state index contributed by atoms with van der Waals surface area (Å²) < 4.78 is 27.0. The Hall–Kier alpha value is -2.96. The minimum Gasteiger partial charge on any atom is -0.363 e. The van der Waals surface area contributed by atoms with Gasteiger partial charge in [0, 0.05) is 26.8 Å². The summed E-state index contributed by atoms with van der Waals surface area (Å²) in [5.74, 6) is -0.0179. The second-order valence-electron chi connectivity index (χ2n) is 6.86. The van der Waals surface area contributed by atoms with Gasteiger partial charge in [-0.25, -0.2) is 18.1 Å². The molecule has 2 N–H and O–H groups in total. The Morgan fingerprint density at radius 2 is 1.90 bits per heavy atom. The Balaban J connectivity index is 2.16. The van der Waals surface area contributed by atoms with Crippen molar-refractivity contribution in [2.75, 3.05) is 26.0 Å². The predicted molar refractivity (Wildman–Crippen MR) is 110 cm³/mol. The van der Waals surface area contributed by atoms with E-state index < -0.39 is 15.9 Å². The first kappa shape index (κ1) is 22.3. The number of nitrogens with one attached hydrogen (secondary N) is 2. The number of nitrogens with zero attached hydrogens (tertiary/aromatic N) is 3. The Morgan fingerprint density at radius 1 is 1.21 bits per heavy atom. The summed E-state index contributed by atoms with van der Waals surface area (Å²) in [5, 5.41) is 12.0. The first-order chi connectivity index (χ1) is 13.7. The van der Waals surface area contributed by atoms with E-state index in [0.29, 0.717) is 5.82 Å². The Kier molecular flexibility index (Phi) is 7.70. The molecule has 0 radical (unpaired) electrons. The monoisotopic (exact) mass is 415 g/mol. The van der Waals surface area contributed by atoms with E-state index in [2.05, 4.69) is 15.0 Å². The number of rotatable bonds is 9. The first-order valence-corrected chi connectivity index (χ1v) is 10.6. The number of sulfonamides is 1. The lowest BCUT2D eigenvalue weighted by Crippen LogP contribution is -2.28. The number of carbonyl (C=O) groups is 1. The molecule has 29 heavy (non-hydrogen) atoms. The van der Waals surface area contributed by atoms with Crippen molar-refractivity contribution in [3.8, 4) is 6.07 Å². The quantitative estimate of drug-likeness (QED) is 0.648. The summed E-state index contributed by atoms with van der Waals surface area (Å²) in [5.41, 5.74) is 0.924. The molecule has 8 nitrogen and oxygen atoms in total. The molecule has 0 bridgehead atoms. The van der Waals surface area contributed by atoms with Crippen LogP contribution in [-0.2, 0) is 14.8 Å². The molecule has 0 saturated heterocycles. The van der Waals surface area contributed by atoms with Gasteiger partial charge in [-0.05, 0) is 24.6 Å². The van der Waals surface area contributed by atoms with E-state index >= 15 is 0 Å². The predicted octanol–water partition coefficient (Wildman–Crippen LogP) is 2.15. The van der Waals surface area contributed by atoms with Crippen LogP contribution in [0.4, 0.5) is 5.82 Å². The van der Waals surface area contributed by atoms with Gasteiger partial charge in [0.25, 0.3) is 0 Å². The molecule has 1 heterocycles. The van der Waals surface area contributed by atoms with Crippen molar-refractivity contribution >= 4 is 21.7 Å². The van der Waals surface area contributed by atoms with Crippen molar-refractivity contribution in [3.05, 3.63) is 54.2 Å². The number of hydrogen-bond donors (Lipinski definition) is 2. The lowest BCUT2D eigenvalue weighted by atomic mass is 10.0. The van der Waals surface area contributed by atoms with Crippen molar-refractivity contribution < 1.29 is 13.2 Å². The molecule has 0 fully saturated rings. The number of amides is 1. The second kappa shape index (κ2) is 10.0. The number of hydrogen-bond acceptors (Lipinski definition) is 6. The van der Waals surface area contributed by atoms with Crippen LogP contribution in [0.15, 0.2) is 53.6 Å². The summed E-state index contributed by atoms with van der Waals surface area (Å²) in [6, 6.07) is 14.2. The van der Waals surface area contributed by atoms with Gasteiger partial charge < -0.3 is 10.2 Å². The van der Waals surface area contributed by atoms with E-state index in [4.69, 9.17) is 5.26 Å². The minimum atomic E-state index is -3.75. The molecule has 0 aliphatic heterocycles. The van der Waals surface area contributed by atoms with Crippen LogP contribution in [0.25, 0.3) is 0 Å². The maximum atomic E-state index is 12.3. The molecule has 2 unspecified atom stereocenters. The van der Waals surface area contributed by atoms with Gasteiger partial charge >= 0.3 is 0 Å². The summed E-state index contributed by atoms with van der Waals surface area (Å²) in [7, 11) is -0.351. The Morgan fingerprint density at radius 3 is 2.45 bits per heavy atom. The van der Waals surface area contributed by atoms with Gasteiger partial charge in [-0.15, -0.1) is 0 Å². The lowest BCUT2D eigenvalue weighted by Gasteiger charge is -2.21. The summed E-state index contributed by atoms with van der Waals surface area (Å²) in [6.45, 7) is 1.66. The normalized spacial score (nSPS) is 13.2. The first-order valence-electron chi connectivity index (χ1n) is 9.10. The molecule has 0 spiro atoms. The van der Waals surface area contributed by atoms with E-state index in [1.54, 1.807) is 27.1 Å². The van der Waals surface area contributed by atoms with Crippen molar-refractivity contribution in [1.82, 2.24) is 14.6 Å². The molecule has 1 aromatic heterocycles. The largest absolute Gasteiger partial charge is 0.363 e. The van der Waals surface area contributed by atoms with E-state index in [9.17, 15) is 13.2 Å². The highest BCUT2D eigenvalue weighted by Crippen LogP contribution is 2.23. The molecule has 0 aliphatic rings. The third kappa shape index (κ3) is 6.55. The maximum absolute atomic E-state index is 12.3. The molecule has 1 amide bonds. The molecular formula is C20H25N5O3S. The van der Waals surface area contributed by atoms with Crippen LogP contribution in [0.2, 0.25) is 0 Å². The zero-order chi connectivity index (χ0) is 21.4. The van der Waals surface area contributed by atoms with Crippen LogP contribution in [0.5, 0.6) is 0 Å². The van der Waals surface area contributed by atoms with E-state index in [1.807, 2.05) is 36.4 Å². The molecule has 0 saturated carbocycles. The number of nitriles is 1. The molecule has 2 aromatic rings. The third-order valence-corrected chi connectivity index (χ3v) is 5.66. The maximum Gasteiger partial charge on any atom is 0.242 e. The Bertz CT molecular complexity index is 954. The van der Waals surface area contributed by atoms with Crippen LogP contribution in [0, 0.1) is 17.2 Å². The average Bonchev–Trinajstić information content (AvgIpc) is 2.72. The molecular weight excluding hydrogens is 390 g/mol. The van der Waals surface area contributed by atoms with Crippen molar-refractivity contribution in [2.24, 2.45) is 5.92 Å². The fraction of sp³-hybridized carbons (Fsp3) is 0.350. The Labute approximate surface area is 171 Å². The van der Waals surface area contributed by atoms with Crippen molar-refractivity contribution in [1.29, 1.82) is 5.26 Å². The van der Waals surface area contributed by atoms with Crippen molar-refractivity contribution in [3.63, 3.8) is 0 Å². The molecule has 2 atom stereocenters. The fourth-order valence-electron chi connectivity index (χ4n) is 2.46. The number of aromatic nitrogens is 1. The van der Waals surface area contributed by atoms with Crippen molar-refractivity contribution in [2.45, 2.75) is 24.3 Å². The zero-order valence-corrected chi connectivity index (χ0v) is 17.5. The van der Waals surface area contributed by atoms with Crippen LogP contribution in [0.1, 0.15) is 24.9 Å². The summed E-state index contributed by atoms with van der Waals surface area (Å²) in [6.07, 6.45) is 1.48. The summed E-state index contributed by atoms with van der Waals surface area (Å²) in [4.78, 5) is 17.9. The van der Waals surface area contributed by atoms with Gasteiger partial charge in [-0.3, -0.25) is 4.79 Å². The molecule has 1 aromatic carbocycles. The van der Waals surface area contributed by atoms with Gasteiger partial charge in [-0.1, -0.05) is 30.3 Å². The molecule has 2 rings (SSSR count). The standard InChI is InChI=1S/C20H25N5O3S/c1-15(12-21)13-23-29(27,28)17-9-10-19(22-14-17)24-18(11-20(26)25(2)3)16-7-5-4-6-8-16/h4-10,14-15,18,23H,11,13H2,1-3H3,(H,22,24). The molecule has 9 heteroatoms. The summed E-state index contributed by atoms with van der Waals surface area (Å²) >= 11 is 0. The molecule has 154 valence electrons. The topological polar surface area (TPSA) is 115 Å². The van der Waals surface area contributed by atoms with Gasteiger partial charge in [0.15, 0.2) is 0 Å². The lowest BCUT2D eigenvalue weighted by molar-refractivity contribution is -0.128. The fourth-order valence-corrected chi connectivity index (χ4v) is 3.54. The average molecular weight is 416 g/mol. The van der Waals surface area contributed by atoms with Gasteiger partial charge in [0.2, 0.25) is 15.9 Å². The zero-order valence-electron chi connectivity index (χ0n) is 16.7. The van der Waals surface area contributed by atoms with Gasteiger partial charge in [-0.2, -0.15) is 5.26 Å². The highest BCUT2D eigenvalue weighted by molar-refractivity contribution is 7.89. The number of carbonyl (C=O) groups excluding carboxylic acids is 1. The smallest absolute Gasteiger partial charge is 0.242 e. The van der Waals surface area contributed by atoms with Crippen LogP contribution < -0.4 is 10.0 Å². The van der Waals surface area contributed by atoms with E-state index in [-0.39, 0.29) is 29.8 Å². The molecule has 0 aliphatic carbocycles. The SMILES string of the molecule is CC(C#N)CNS(=O)(=O)c1ccc(NC(CC(=O)N(C)C)c2ccccc2)nc1. The highest BCUT2D eigenvalue weighted by Gasteiger charge is 2.19. The number of pyridine rings is 1. The van der Waals surface area contributed by atoms with E-state index in [1.165, 1.54) is 17.2 Å². The van der Waals surface area contributed by atoms with Gasteiger partial charge in [0.1, 0.15) is 10.7 Å². The van der Waals surface area contributed by atoms with Crippen LogP contribution in [-0.4, -0.2) is 44.8 Å². The third-order valence-electron chi connectivity index (χ3n) is 4.25. The number of anilines is 1. The van der Waals surface area contributed by atoms with Gasteiger partial charge in [0.05, 0.1) is 24.4 Å². The second-order valence-corrected chi connectivity index (χ2v) is 8.63. The number of benzene rings is 1. The minimum absolute atomic E-state index is 0.00817. The van der Waals surface area contributed by atoms with Crippen LogP contribution >= 0.6 is 0 Å². The highest BCUT2D eigenvalue weighted by atomic mass is 32.2.